The lowest BCUT2D eigenvalue weighted by atomic mass is 10.0. The maximum atomic E-state index is 11.7. The maximum Gasteiger partial charge on any atom is 0.212 e. The fourth-order valence-corrected chi connectivity index (χ4v) is 3.24. The molecule has 1 heterocycles. The fraction of sp³-hybridized carbons (Fsp3) is 0.727. The molecule has 1 aromatic heterocycles. The maximum absolute atomic E-state index is 11.7. The minimum absolute atomic E-state index is 0.154. The number of H-pyrrole nitrogens is 1. The zero-order valence-electron chi connectivity index (χ0n) is 10.7. The van der Waals surface area contributed by atoms with E-state index in [1.54, 1.807) is 12.4 Å². The Morgan fingerprint density at radius 1 is 1.41 bits per heavy atom. The quantitative estimate of drug-likeness (QED) is 0.756. The molecule has 0 spiro atoms. The van der Waals surface area contributed by atoms with Crippen LogP contribution in [-0.2, 0) is 16.4 Å². The van der Waals surface area contributed by atoms with E-state index >= 15 is 0 Å². The minimum atomic E-state index is -3.16. The van der Waals surface area contributed by atoms with Crippen molar-refractivity contribution in [2.45, 2.75) is 33.6 Å². The zero-order chi connectivity index (χ0) is 12.9. The lowest BCUT2D eigenvalue weighted by molar-refractivity contribution is 0.457. The first-order valence-electron chi connectivity index (χ1n) is 5.74. The van der Waals surface area contributed by atoms with Crippen molar-refractivity contribution in [1.82, 2.24) is 14.7 Å². The molecule has 0 radical (unpaired) electrons. The number of aromatic amines is 1. The number of nitrogens with zero attached hydrogens (tertiary/aromatic N) is 1. The molecule has 0 aliphatic carbocycles. The third-order valence-electron chi connectivity index (χ3n) is 2.09. The summed E-state index contributed by atoms with van der Waals surface area (Å²) in [7, 11) is -3.16. The van der Waals surface area contributed by atoms with Gasteiger partial charge in [0, 0.05) is 25.4 Å². The second-order valence-electron chi connectivity index (χ2n) is 5.35. The normalized spacial score (nSPS) is 12.9. The Kier molecular flexibility index (Phi) is 4.70. The molecule has 17 heavy (non-hydrogen) atoms. The van der Waals surface area contributed by atoms with Crippen LogP contribution in [0.3, 0.4) is 0 Å². The smallest absolute Gasteiger partial charge is 0.212 e. The lowest BCUT2D eigenvalue weighted by Crippen LogP contribution is -2.33. The summed E-state index contributed by atoms with van der Waals surface area (Å²) >= 11 is 0. The van der Waals surface area contributed by atoms with Crippen LogP contribution in [0.5, 0.6) is 0 Å². The third-order valence-corrected chi connectivity index (χ3v) is 3.98. The average molecular weight is 259 g/mol. The van der Waals surface area contributed by atoms with Crippen LogP contribution in [-0.4, -0.2) is 30.7 Å². The molecule has 0 aromatic carbocycles. The Morgan fingerprint density at radius 3 is 2.65 bits per heavy atom. The highest BCUT2D eigenvalue weighted by Crippen LogP contribution is 2.15. The number of rotatable bonds is 6. The largest absolute Gasteiger partial charge is 0.349 e. The van der Waals surface area contributed by atoms with Crippen LogP contribution in [0.2, 0.25) is 0 Å². The molecule has 1 rings (SSSR count). The van der Waals surface area contributed by atoms with Crippen LogP contribution in [0.15, 0.2) is 12.4 Å². The van der Waals surface area contributed by atoms with E-state index in [1.807, 2.05) is 20.8 Å². The molecule has 0 bridgehead atoms. The summed E-state index contributed by atoms with van der Waals surface area (Å²) in [4.78, 5) is 7.06. The van der Waals surface area contributed by atoms with Gasteiger partial charge in [0.2, 0.25) is 10.0 Å². The first-order chi connectivity index (χ1) is 7.79. The predicted octanol–water partition coefficient (Wildman–Crippen LogP) is 1.31. The van der Waals surface area contributed by atoms with E-state index in [0.29, 0.717) is 6.54 Å². The van der Waals surface area contributed by atoms with Gasteiger partial charge in [-0.25, -0.2) is 18.1 Å². The Bertz CT molecular complexity index is 418. The van der Waals surface area contributed by atoms with Crippen molar-refractivity contribution in [3.63, 3.8) is 0 Å². The number of aryl methyl sites for hydroxylation is 1. The van der Waals surface area contributed by atoms with Gasteiger partial charge in [-0.2, -0.15) is 0 Å². The van der Waals surface area contributed by atoms with Gasteiger partial charge in [-0.3, -0.25) is 0 Å². The van der Waals surface area contributed by atoms with Gasteiger partial charge in [-0.1, -0.05) is 20.8 Å². The summed E-state index contributed by atoms with van der Waals surface area (Å²) in [6, 6.07) is 0. The topological polar surface area (TPSA) is 74.8 Å². The molecule has 0 saturated heterocycles. The van der Waals surface area contributed by atoms with Crippen molar-refractivity contribution in [2.75, 3.05) is 12.3 Å². The number of aromatic nitrogens is 2. The van der Waals surface area contributed by atoms with Crippen molar-refractivity contribution in [3.05, 3.63) is 18.2 Å². The summed E-state index contributed by atoms with van der Waals surface area (Å²) in [6.07, 6.45) is 4.96. The van der Waals surface area contributed by atoms with Crippen LogP contribution in [0.25, 0.3) is 0 Å². The Balaban J connectivity index is 2.26. The van der Waals surface area contributed by atoms with Crippen molar-refractivity contribution >= 4 is 10.0 Å². The van der Waals surface area contributed by atoms with Gasteiger partial charge in [-0.15, -0.1) is 0 Å². The van der Waals surface area contributed by atoms with E-state index in [4.69, 9.17) is 0 Å². The number of hydrogen-bond acceptors (Lipinski definition) is 3. The summed E-state index contributed by atoms with van der Waals surface area (Å²) < 4.78 is 26.0. The van der Waals surface area contributed by atoms with Gasteiger partial charge in [0.1, 0.15) is 5.82 Å². The van der Waals surface area contributed by atoms with Gasteiger partial charge < -0.3 is 4.98 Å². The van der Waals surface area contributed by atoms with Crippen LogP contribution in [0.4, 0.5) is 0 Å². The number of hydrogen-bond donors (Lipinski definition) is 2. The van der Waals surface area contributed by atoms with E-state index in [0.717, 1.165) is 18.7 Å². The molecule has 0 aliphatic rings. The minimum Gasteiger partial charge on any atom is -0.349 e. The van der Waals surface area contributed by atoms with Crippen molar-refractivity contribution in [1.29, 1.82) is 0 Å². The monoisotopic (exact) mass is 259 g/mol. The van der Waals surface area contributed by atoms with E-state index in [2.05, 4.69) is 14.7 Å². The molecule has 2 N–H and O–H groups in total. The molecular formula is C11H21N3O2S. The van der Waals surface area contributed by atoms with Crippen LogP contribution >= 0.6 is 0 Å². The molecule has 6 heteroatoms. The molecular weight excluding hydrogens is 238 g/mol. The van der Waals surface area contributed by atoms with Crippen molar-refractivity contribution in [3.8, 4) is 0 Å². The van der Waals surface area contributed by atoms with Crippen molar-refractivity contribution < 1.29 is 8.42 Å². The first kappa shape index (κ1) is 14.2. The first-order valence-corrected chi connectivity index (χ1v) is 7.39. The molecule has 0 aliphatic heterocycles. The van der Waals surface area contributed by atoms with Gasteiger partial charge >= 0.3 is 0 Å². The standard InChI is InChI=1S/C11H21N3O2S/c1-11(2,3)9-17(15,16)14-6-4-5-10-12-7-8-13-10/h7-8,14H,4-6,9H2,1-3H3,(H,12,13). The summed E-state index contributed by atoms with van der Waals surface area (Å²) in [6.45, 7) is 6.19. The van der Waals surface area contributed by atoms with Crippen LogP contribution in [0, 0.1) is 5.41 Å². The Morgan fingerprint density at radius 2 is 2.12 bits per heavy atom. The summed E-state index contributed by atoms with van der Waals surface area (Å²) in [5.41, 5.74) is -0.215. The molecule has 5 nitrogen and oxygen atoms in total. The summed E-state index contributed by atoms with van der Waals surface area (Å²) in [5, 5.41) is 0. The second-order valence-corrected chi connectivity index (χ2v) is 7.16. The molecule has 1 aromatic rings. The number of imidazole rings is 1. The molecule has 0 unspecified atom stereocenters. The summed E-state index contributed by atoms with van der Waals surface area (Å²) in [5.74, 6) is 1.04. The van der Waals surface area contributed by atoms with Crippen LogP contribution < -0.4 is 4.72 Å². The van der Waals surface area contributed by atoms with Gasteiger partial charge in [-0.05, 0) is 11.8 Å². The van der Waals surface area contributed by atoms with Gasteiger partial charge in [0.05, 0.1) is 5.75 Å². The van der Waals surface area contributed by atoms with E-state index in [9.17, 15) is 8.42 Å². The zero-order valence-corrected chi connectivity index (χ0v) is 11.5. The van der Waals surface area contributed by atoms with Crippen LogP contribution in [0.1, 0.15) is 33.0 Å². The molecule has 0 fully saturated rings. The molecule has 98 valence electrons. The van der Waals surface area contributed by atoms with E-state index in [1.165, 1.54) is 0 Å². The average Bonchev–Trinajstić information content (AvgIpc) is 2.60. The lowest BCUT2D eigenvalue weighted by Gasteiger charge is -2.18. The van der Waals surface area contributed by atoms with E-state index in [-0.39, 0.29) is 11.2 Å². The highest BCUT2D eigenvalue weighted by Gasteiger charge is 2.20. The highest BCUT2D eigenvalue weighted by atomic mass is 32.2. The SMILES string of the molecule is CC(C)(C)CS(=O)(=O)NCCCc1ncc[nH]1. The Hall–Kier alpha value is -0.880. The number of nitrogens with one attached hydrogen (secondary N) is 2. The van der Waals surface area contributed by atoms with Crippen molar-refractivity contribution in [2.24, 2.45) is 5.41 Å². The predicted molar refractivity (Wildman–Crippen MR) is 68.2 cm³/mol. The van der Waals surface area contributed by atoms with Gasteiger partial charge in [0.25, 0.3) is 0 Å². The molecule has 0 atom stereocenters. The number of sulfonamides is 1. The third kappa shape index (κ3) is 6.43. The van der Waals surface area contributed by atoms with E-state index < -0.39 is 10.0 Å². The van der Waals surface area contributed by atoms with Gasteiger partial charge in [0.15, 0.2) is 0 Å². The Labute approximate surface area is 103 Å². The molecule has 0 saturated carbocycles. The molecule has 0 amide bonds. The fourth-order valence-electron chi connectivity index (χ4n) is 1.54. The second kappa shape index (κ2) is 5.64. The highest BCUT2D eigenvalue weighted by molar-refractivity contribution is 7.89.